The van der Waals surface area contributed by atoms with Crippen molar-refractivity contribution in [3.63, 3.8) is 0 Å². The maximum absolute atomic E-state index is 12.5. The molecular weight excluding hydrogens is 396 g/mol. The summed E-state index contributed by atoms with van der Waals surface area (Å²) in [7, 11) is 0. The average molecular weight is 416 g/mol. The van der Waals surface area contributed by atoms with Gasteiger partial charge in [-0.1, -0.05) is 24.3 Å². The minimum Gasteiger partial charge on any atom is -0.467 e. The number of benzene rings is 2. The molecule has 8 nitrogen and oxygen atoms in total. The van der Waals surface area contributed by atoms with Crippen molar-refractivity contribution in [2.45, 2.75) is 19.4 Å². The van der Waals surface area contributed by atoms with Gasteiger partial charge >= 0.3 is 0 Å². The van der Waals surface area contributed by atoms with Crippen molar-refractivity contribution in [3.8, 4) is 0 Å². The van der Waals surface area contributed by atoms with E-state index in [1.54, 1.807) is 60.7 Å². The van der Waals surface area contributed by atoms with Gasteiger partial charge in [-0.3, -0.25) is 14.4 Å². The molecule has 0 saturated carbocycles. The number of nitrogens with one attached hydrogen (secondary N) is 3. The van der Waals surface area contributed by atoms with E-state index in [2.05, 4.69) is 20.6 Å². The summed E-state index contributed by atoms with van der Waals surface area (Å²) >= 11 is 0. The van der Waals surface area contributed by atoms with Crippen LogP contribution in [0.2, 0.25) is 0 Å². The van der Waals surface area contributed by atoms with Crippen molar-refractivity contribution in [2.75, 3.05) is 5.32 Å². The molecule has 2 aromatic carbocycles. The zero-order valence-corrected chi connectivity index (χ0v) is 16.6. The van der Waals surface area contributed by atoms with E-state index in [1.165, 1.54) is 6.26 Å². The smallest absolute Gasteiger partial charge is 0.258 e. The number of carbonyl (C=O) groups excluding carboxylic acids is 2. The number of carbonyl (C=O) groups is 2. The number of furan rings is 1. The van der Waals surface area contributed by atoms with Gasteiger partial charge in [-0.15, -0.1) is 0 Å². The number of amides is 2. The van der Waals surface area contributed by atoms with Gasteiger partial charge in [0, 0.05) is 12.8 Å². The lowest BCUT2D eigenvalue weighted by atomic mass is 10.1. The van der Waals surface area contributed by atoms with Gasteiger partial charge in [0.05, 0.1) is 35.0 Å². The summed E-state index contributed by atoms with van der Waals surface area (Å²) in [6, 6.07) is 17.3. The molecule has 2 heterocycles. The first-order valence-corrected chi connectivity index (χ1v) is 9.77. The SMILES string of the molecule is O=C(CCc1nc2ccccc2c(=O)[nH]1)Nc1ccccc1C(=O)NCc1ccco1. The Morgan fingerprint density at radius 1 is 1.00 bits per heavy atom. The second kappa shape index (κ2) is 9.08. The molecule has 0 spiro atoms. The minimum atomic E-state index is -0.326. The Hall–Kier alpha value is -4.20. The number of para-hydroxylation sites is 2. The summed E-state index contributed by atoms with van der Waals surface area (Å²) in [6.07, 6.45) is 1.90. The van der Waals surface area contributed by atoms with Crippen LogP contribution in [0.5, 0.6) is 0 Å². The fourth-order valence-corrected chi connectivity index (χ4v) is 3.16. The molecule has 2 aromatic heterocycles. The third-order valence-corrected chi connectivity index (χ3v) is 4.70. The first kappa shape index (κ1) is 20.1. The summed E-state index contributed by atoms with van der Waals surface area (Å²) < 4.78 is 5.21. The minimum absolute atomic E-state index is 0.101. The molecule has 3 N–H and O–H groups in total. The van der Waals surface area contributed by atoms with E-state index in [0.717, 1.165) is 0 Å². The summed E-state index contributed by atoms with van der Waals surface area (Å²) in [5.41, 5.74) is 1.10. The molecule has 4 rings (SSSR count). The van der Waals surface area contributed by atoms with Crippen molar-refractivity contribution in [2.24, 2.45) is 0 Å². The molecule has 0 saturated heterocycles. The number of anilines is 1. The Morgan fingerprint density at radius 3 is 2.65 bits per heavy atom. The molecule has 2 amide bonds. The monoisotopic (exact) mass is 416 g/mol. The number of hydrogen-bond acceptors (Lipinski definition) is 5. The highest BCUT2D eigenvalue weighted by Crippen LogP contribution is 2.16. The van der Waals surface area contributed by atoms with Crippen LogP contribution in [-0.2, 0) is 17.8 Å². The fraction of sp³-hybridized carbons (Fsp3) is 0.130. The van der Waals surface area contributed by atoms with Crippen molar-refractivity contribution < 1.29 is 14.0 Å². The van der Waals surface area contributed by atoms with Gasteiger partial charge in [0.25, 0.3) is 11.5 Å². The van der Waals surface area contributed by atoms with E-state index in [4.69, 9.17) is 4.42 Å². The average Bonchev–Trinajstić information content (AvgIpc) is 3.30. The lowest BCUT2D eigenvalue weighted by molar-refractivity contribution is -0.116. The molecular formula is C23H20N4O4. The Morgan fingerprint density at radius 2 is 1.81 bits per heavy atom. The van der Waals surface area contributed by atoms with Crippen LogP contribution in [0.1, 0.15) is 28.4 Å². The fourth-order valence-electron chi connectivity index (χ4n) is 3.16. The Labute approximate surface area is 177 Å². The number of aryl methyl sites for hydroxylation is 1. The lowest BCUT2D eigenvalue weighted by Gasteiger charge is -2.11. The molecule has 0 aliphatic heterocycles. The van der Waals surface area contributed by atoms with E-state index in [-0.39, 0.29) is 36.8 Å². The Balaban J connectivity index is 1.40. The van der Waals surface area contributed by atoms with E-state index in [0.29, 0.717) is 33.7 Å². The third-order valence-electron chi connectivity index (χ3n) is 4.70. The number of fused-ring (bicyclic) bond motifs is 1. The predicted octanol–water partition coefficient (Wildman–Crippen LogP) is 3.02. The zero-order chi connectivity index (χ0) is 21.6. The maximum atomic E-state index is 12.5. The van der Waals surface area contributed by atoms with Crippen LogP contribution in [0.4, 0.5) is 5.69 Å². The molecule has 0 bridgehead atoms. The van der Waals surface area contributed by atoms with Crippen LogP contribution < -0.4 is 16.2 Å². The van der Waals surface area contributed by atoms with Crippen molar-refractivity contribution in [3.05, 3.63) is 94.4 Å². The quantitative estimate of drug-likeness (QED) is 0.428. The van der Waals surface area contributed by atoms with E-state index in [1.807, 2.05) is 0 Å². The Kier molecular flexibility index (Phi) is 5.89. The van der Waals surface area contributed by atoms with E-state index >= 15 is 0 Å². The second-order valence-electron chi connectivity index (χ2n) is 6.89. The van der Waals surface area contributed by atoms with Crippen molar-refractivity contribution in [1.29, 1.82) is 0 Å². The maximum Gasteiger partial charge on any atom is 0.258 e. The molecule has 31 heavy (non-hydrogen) atoms. The van der Waals surface area contributed by atoms with Gasteiger partial charge in [0.15, 0.2) is 0 Å². The van der Waals surface area contributed by atoms with Crippen LogP contribution in [0.15, 0.2) is 76.1 Å². The van der Waals surface area contributed by atoms with E-state index < -0.39 is 0 Å². The molecule has 0 fully saturated rings. The topological polar surface area (TPSA) is 117 Å². The summed E-state index contributed by atoms with van der Waals surface area (Å²) in [5, 5.41) is 6.03. The Bertz CT molecular complexity index is 1280. The third kappa shape index (κ3) is 4.87. The number of aromatic nitrogens is 2. The summed E-state index contributed by atoms with van der Waals surface area (Å²) in [6.45, 7) is 0.245. The van der Waals surface area contributed by atoms with Gasteiger partial charge in [-0.25, -0.2) is 4.98 Å². The molecule has 0 aliphatic carbocycles. The number of aromatic amines is 1. The van der Waals surface area contributed by atoms with Crippen LogP contribution in [0, 0.1) is 0 Å². The van der Waals surface area contributed by atoms with Gasteiger partial charge in [0.1, 0.15) is 11.6 Å². The van der Waals surface area contributed by atoms with Crippen LogP contribution in [-0.4, -0.2) is 21.8 Å². The molecule has 0 aliphatic rings. The molecule has 4 aromatic rings. The van der Waals surface area contributed by atoms with Crippen LogP contribution in [0.3, 0.4) is 0 Å². The predicted molar refractivity (Wildman–Crippen MR) is 116 cm³/mol. The van der Waals surface area contributed by atoms with Crippen LogP contribution in [0.25, 0.3) is 10.9 Å². The molecule has 0 unspecified atom stereocenters. The van der Waals surface area contributed by atoms with Crippen molar-refractivity contribution in [1.82, 2.24) is 15.3 Å². The highest BCUT2D eigenvalue weighted by atomic mass is 16.3. The first-order chi connectivity index (χ1) is 15.1. The number of hydrogen-bond donors (Lipinski definition) is 3. The second-order valence-corrected chi connectivity index (χ2v) is 6.89. The van der Waals surface area contributed by atoms with Gasteiger partial charge < -0.3 is 20.0 Å². The van der Waals surface area contributed by atoms with E-state index in [9.17, 15) is 14.4 Å². The van der Waals surface area contributed by atoms with Gasteiger partial charge in [-0.2, -0.15) is 0 Å². The highest BCUT2D eigenvalue weighted by molar-refractivity contribution is 6.03. The molecule has 0 atom stereocenters. The number of H-pyrrole nitrogens is 1. The zero-order valence-electron chi connectivity index (χ0n) is 16.6. The van der Waals surface area contributed by atoms with Crippen LogP contribution >= 0.6 is 0 Å². The van der Waals surface area contributed by atoms with Gasteiger partial charge in [0.2, 0.25) is 5.91 Å². The number of rotatable bonds is 7. The highest BCUT2D eigenvalue weighted by Gasteiger charge is 2.14. The molecule has 8 heteroatoms. The summed E-state index contributed by atoms with van der Waals surface area (Å²) in [5.74, 6) is 0.449. The normalized spacial score (nSPS) is 10.7. The molecule has 156 valence electrons. The number of nitrogens with zero attached hydrogens (tertiary/aromatic N) is 1. The lowest BCUT2D eigenvalue weighted by Crippen LogP contribution is -2.24. The van der Waals surface area contributed by atoms with Crippen molar-refractivity contribution >= 4 is 28.4 Å². The first-order valence-electron chi connectivity index (χ1n) is 9.77. The largest absolute Gasteiger partial charge is 0.467 e. The standard InChI is InChI=1S/C23H20N4O4/c28-21(12-11-20-25-18-9-3-2-8-17(18)23(30)27-20)26-19-10-4-1-7-16(19)22(29)24-14-15-6-5-13-31-15/h1-10,13H,11-12,14H2,(H,24,29)(H,26,28)(H,25,27,30). The molecule has 0 radical (unpaired) electrons. The van der Waals surface area contributed by atoms with Gasteiger partial charge in [-0.05, 0) is 36.4 Å². The summed E-state index contributed by atoms with van der Waals surface area (Å²) in [4.78, 5) is 44.3.